The molecule has 1 nitrogen and oxygen atoms in total. The number of hydrogen-bond donors (Lipinski definition) is 0. The van der Waals surface area contributed by atoms with Crippen molar-refractivity contribution in [2.45, 2.75) is 39.7 Å². The van der Waals surface area contributed by atoms with E-state index >= 15 is 0 Å². The summed E-state index contributed by atoms with van der Waals surface area (Å²) in [5, 5.41) is 0. The molecule has 1 unspecified atom stereocenters. The Morgan fingerprint density at radius 2 is 2.17 bits per heavy atom. The van der Waals surface area contributed by atoms with E-state index in [2.05, 4.69) is 38.8 Å². The number of likely N-dealkylation sites (N-methyl/N-ethyl adjacent to an activating group) is 1. The minimum absolute atomic E-state index is 0.630. The van der Waals surface area contributed by atoms with Crippen LogP contribution in [-0.4, -0.2) is 24.5 Å². The third-order valence-electron chi connectivity index (χ3n) is 2.87. The fourth-order valence-corrected chi connectivity index (χ4v) is 1.74. The van der Waals surface area contributed by atoms with E-state index in [1.807, 2.05) is 0 Å². The normalized spacial score (nSPS) is 27.1. The molecule has 1 atom stereocenters. The molecule has 0 spiro atoms. The number of rotatable bonds is 1. The van der Waals surface area contributed by atoms with Crippen LogP contribution < -0.4 is 0 Å². The first-order valence-electron chi connectivity index (χ1n) is 5.02. The Labute approximate surface area is 76.5 Å². The molecule has 1 aliphatic heterocycles. The summed E-state index contributed by atoms with van der Waals surface area (Å²) >= 11 is 0. The fourth-order valence-electron chi connectivity index (χ4n) is 1.74. The van der Waals surface area contributed by atoms with Gasteiger partial charge in [-0.05, 0) is 39.3 Å². The van der Waals surface area contributed by atoms with Gasteiger partial charge in [-0.25, -0.2) is 0 Å². The van der Waals surface area contributed by atoms with Gasteiger partial charge < -0.3 is 4.90 Å². The summed E-state index contributed by atoms with van der Waals surface area (Å²) in [5.74, 6) is 0.735. The Balaban J connectivity index is 2.67. The zero-order valence-corrected chi connectivity index (χ0v) is 8.80. The van der Waals surface area contributed by atoms with Crippen molar-refractivity contribution in [3.05, 3.63) is 11.6 Å². The highest BCUT2D eigenvalue weighted by molar-refractivity contribution is 5.10. The Hall–Kier alpha value is -0.300. The van der Waals surface area contributed by atoms with Gasteiger partial charge in [-0.1, -0.05) is 25.5 Å². The standard InChI is InChI=1S/C11H21N/c1-9(2)11-6-5-7-12(4)10(3)8-11/h8-10H,5-7H2,1-4H3. The van der Waals surface area contributed by atoms with Crippen LogP contribution in [0.15, 0.2) is 11.6 Å². The highest BCUT2D eigenvalue weighted by Gasteiger charge is 2.13. The van der Waals surface area contributed by atoms with Crippen molar-refractivity contribution in [3.8, 4) is 0 Å². The highest BCUT2D eigenvalue weighted by atomic mass is 15.1. The summed E-state index contributed by atoms with van der Waals surface area (Å²) < 4.78 is 0. The van der Waals surface area contributed by atoms with E-state index in [4.69, 9.17) is 0 Å². The molecule has 0 saturated heterocycles. The van der Waals surface area contributed by atoms with Gasteiger partial charge in [0.25, 0.3) is 0 Å². The van der Waals surface area contributed by atoms with Crippen molar-refractivity contribution in [3.63, 3.8) is 0 Å². The smallest absolute Gasteiger partial charge is 0.0249 e. The van der Waals surface area contributed by atoms with Crippen molar-refractivity contribution in [1.82, 2.24) is 4.90 Å². The van der Waals surface area contributed by atoms with E-state index in [0.717, 1.165) is 5.92 Å². The van der Waals surface area contributed by atoms with Gasteiger partial charge in [-0.2, -0.15) is 0 Å². The largest absolute Gasteiger partial charge is 0.300 e. The second kappa shape index (κ2) is 4.08. The van der Waals surface area contributed by atoms with E-state index in [9.17, 15) is 0 Å². The predicted molar refractivity (Wildman–Crippen MR) is 54.2 cm³/mol. The lowest BCUT2D eigenvalue weighted by atomic mass is 9.98. The summed E-state index contributed by atoms with van der Waals surface area (Å²) in [5.41, 5.74) is 1.65. The van der Waals surface area contributed by atoms with E-state index < -0.39 is 0 Å². The van der Waals surface area contributed by atoms with Crippen molar-refractivity contribution >= 4 is 0 Å². The summed E-state index contributed by atoms with van der Waals surface area (Å²) in [6.45, 7) is 8.12. The van der Waals surface area contributed by atoms with Gasteiger partial charge in [0, 0.05) is 6.04 Å². The zero-order chi connectivity index (χ0) is 9.14. The maximum Gasteiger partial charge on any atom is 0.0249 e. The topological polar surface area (TPSA) is 3.24 Å². The molecule has 1 aliphatic rings. The molecule has 0 aromatic carbocycles. The third-order valence-corrected chi connectivity index (χ3v) is 2.87. The van der Waals surface area contributed by atoms with E-state index in [0.29, 0.717) is 6.04 Å². The van der Waals surface area contributed by atoms with Crippen molar-refractivity contribution in [2.24, 2.45) is 5.92 Å². The Morgan fingerprint density at radius 3 is 2.75 bits per heavy atom. The molecular weight excluding hydrogens is 146 g/mol. The Bertz CT molecular complexity index is 170. The van der Waals surface area contributed by atoms with Gasteiger partial charge in [0.15, 0.2) is 0 Å². The average Bonchev–Trinajstić information content (AvgIpc) is 2.15. The van der Waals surface area contributed by atoms with Crippen LogP contribution in [0, 0.1) is 5.92 Å². The van der Waals surface area contributed by atoms with Crippen LogP contribution in [-0.2, 0) is 0 Å². The van der Waals surface area contributed by atoms with Crippen LogP contribution in [0.4, 0.5) is 0 Å². The SMILES string of the molecule is CC(C)C1=CC(C)N(C)CCC1. The van der Waals surface area contributed by atoms with Crippen LogP contribution in [0.1, 0.15) is 33.6 Å². The molecule has 0 aromatic heterocycles. The van der Waals surface area contributed by atoms with E-state index in [1.54, 1.807) is 5.57 Å². The molecule has 0 aliphatic carbocycles. The molecule has 1 rings (SSSR count). The highest BCUT2D eigenvalue weighted by Crippen LogP contribution is 2.21. The van der Waals surface area contributed by atoms with Gasteiger partial charge in [0.05, 0.1) is 0 Å². The zero-order valence-electron chi connectivity index (χ0n) is 8.80. The summed E-state index contributed by atoms with van der Waals surface area (Å²) in [7, 11) is 2.21. The molecule has 0 N–H and O–H groups in total. The fraction of sp³-hybridized carbons (Fsp3) is 0.818. The summed E-state index contributed by atoms with van der Waals surface area (Å²) in [6, 6.07) is 0.630. The monoisotopic (exact) mass is 167 g/mol. The molecule has 0 bridgehead atoms. The first-order chi connectivity index (χ1) is 5.61. The minimum atomic E-state index is 0.630. The van der Waals surface area contributed by atoms with E-state index in [-0.39, 0.29) is 0 Å². The lowest BCUT2D eigenvalue weighted by Crippen LogP contribution is -2.27. The molecule has 12 heavy (non-hydrogen) atoms. The minimum Gasteiger partial charge on any atom is -0.300 e. The number of allylic oxidation sites excluding steroid dienone is 1. The lowest BCUT2D eigenvalue weighted by molar-refractivity contribution is 0.301. The predicted octanol–water partition coefficient (Wildman–Crippen LogP) is 2.68. The third kappa shape index (κ3) is 2.34. The maximum atomic E-state index is 2.44. The molecule has 0 fully saturated rings. The van der Waals surface area contributed by atoms with Crippen molar-refractivity contribution in [1.29, 1.82) is 0 Å². The van der Waals surface area contributed by atoms with Crippen LogP contribution in [0.5, 0.6) is 0 Å². The molecule has 1 heteroatoms. The number of hydrogen-bond acceptors (Lipinski definition) is 1. The Kier molecular flexibility index (Phi) is 3.33. The molecule has 0 radical (unpaired) electrons. The molecule has 0 amide bonds. The molecular formula is C11H21N. The summed E-state index contributed by atoms with van der Waals surface area (Å²) in [4.78, 5) is 2.43. The molecule has 0 aromatic rings. The second-order valence-corrected chi connectivity index (χ2v) is 4.22. The number of nitrogens with zero attached hydrogens (tertiary/aromatic N) is 1. The molecule has 70 valence electrons. The van der Waals surface area contributed by atoms with Crippen LogP contribution in [0.2, 0.25) is 0 Å². The quantitative estimate of drug-likeness (QED) is 0.543. The summed E-state index contributed by atoms with van der Waals surface area (Å²) in [6.07, 6.45) is 5.06. The first kappa shape index (κ1) is 9.79. The van der Waals surface area contributed by atoms with Crippen LogP contribution in [0.25, 0.3) is 0 Å². The van der Waals surface area contributed by atoms with Gasteiger partial charge in [0.1, 0.15) is 0 Å². The van der Waals surface area contributed by atoms with Crippen LogP contribution >= 0.6 is 0 Å². The maximum absolute atomic E-state index is 2.44. The average molecular weight is 167 g/mol. The van der Waals surface area contributed by atoms with Gasteiger partial charge in [-0.15, -0.1) is 0 Å². The Morgan fingerprint density at radius 1 is 1.50 bits per heavy atom. The van der Waals surface area contributed by atoms with Crippen LogP contribution in [0.3, 0.4) is 0 Å². The van der Waals surface area contributed by atoms with Gasteiger partial charge >= 0.3 is 0 Å². The lowest BCUT2D eigenvalue weighted by Gasteiger charge is -2.19. The van der Waals surface area contributed by atoms with E-state index in [1.165, 1.54) is 19.4 Å². The van der Waals surface area contributed by atoms with Gasteiger partial charge in [-0.3, -0.25) is 0 Å². The molecule has 1 heterocycles. The molecule has 0 saturated carbocycles. The van der Waals surface area contributed by atoms with Gasteiger partial charge in [0.2, 0.25) is 0 Å². The second-order valence-electron chi connectivity index (χ2n) is 4.22. The first-order valence-corrected chi connectivity index (χ1v) is 5.02. The van der Waals surface area contributed by atoms with Crippen molar-refractivity contribution in [2.75, 3.05) is 13.6 Å². The van der Waals surface area contributed by atoms with Crippen molar-refractivity contribution < 1.29 is 0 Å².